The average molecular weight is 290 g/mol. The van der Waals surface area contributed by atoms with Crippen molar-refractivity contribution < 1.29 is 0 Å². The van der Waals surface area contributed by atoms with Gasteiger partial charge in [0.1, 0.15) is 0 Å². The second-order valence-corrected chi connectivity index (χ2v) is 5.69. The molecule has 22 heavy (non-hydrogen) atoms. The SMILES string of the molecule is Cc1ccc(C)c(N=Cc2cc3ccc(C)cc3[nH]c2=O)c1. The molecule has 0 aliphatic carbocycles. The van der Waals surface area contributed by atoms with Gasteiger partial charge >= 0.3 is 0 Å². The summed E-state index contributed by atoms with van der Waals surface area (Å²) in [6, 6.07) is 14.0. The lowest BCUT2D eigenvalue weighted by molar-refractivity contribution is 1.28. The highest BCUT2D eigenvalue weighted by Crippen LogP contribution is 2.19. The molecule has 110 valence electrons. The molecule has 0 unspecified atom stereocenters. The molecule has 3 heteroatoms. The van der Waals surface area contributed by atoms with Crippen molar-refractivity contribution in [2.45, 2.75) is 20.8 Å². The maximum Gasteiger partial charge on any atom is 0.257 e. The maximum absolute atomic E-state index is 12.2. The van der Waals surface area contributed by atoms with Crippen LogP contribution in [-0.2, 0) is 0 Å². The van der Waals surface area contributed by atoms with Gasteiger partial charge in [-0.1, -0.05) is 24.3 Å². The van der Waals surface area contributed by atoms with Gasteiger partial charge in [-0.15, -0.1) is 0 Å². The number of hydrogen-bond acceptors (Lipinski definition) is 2. The molecular weight excluding hydrogens is 272 g/mol. The van der Waals surface area contributed by atoms with Crippen LogP contribution in [-0.4, -0.2) is 11.2 Å². The summed E-state index contributed by atoms with van der Waals surface area (Å²) in [5.74, 6) is 0. The van der Waals surface area contributed by atoms with Crippen LogP contribution < -0.4 is 5.56 Å². The predicted octanol–water partition coefficient (Wildman–Crippen LogP) is 4.20. The summed E-state index contributed by atoms with van der Waals surface area (Å²) in [6.07, 6.45) is 1.64. The van der Waals surface area contributed by atoms with Gasteiger partial charge < -0.3 is 4.98 Å². The second kappa shape index (κ2) is 5.60. The lowest BCUT2D eigenvalue weighted by atomic mass is 10.1. The fourth-order valence-corrected chi connectivity index (χ4v) is 2.43. The zero-order valence-electron chi connectivity index (χ0n) is 13.0. The van der Waals surface area contributed by atoms with Gasteiger partial charge in [0.25, 0.3) is 5.56 Å². The van der Waals surface area contributed by atoms with Gasteiger partial charge in [-0.3, -0.25) is 9.79 Å². The van der Waals surface area contributed by atoms with Crippen LogP contribution in [0.3, 0.4) is 0 Å². The van der Waals surface area contributed by atoms with E-state index in [1.165, 1.54) is 0 Å². The number of aromatic nitrogens is 1. The fraction of sp³-hybridized carbons (Fsp3) is 0.158. The van der Waals surface area contributed by atoms with Crippen LogP contribution in [0.5, 0.6) is 0 Å². The van der Waals surface area contributed by atoms with Crippen LogP contribution in [0.25, 0.3) is 10.9 Å². The highest BCUT2D eigenvalue weighted by atomic mass is 16.1. The zero-order chi connectivity index (χ0) is 15.7. The lowest BCUT2D eigenvalue weighted by Crippen LogP contribution is -2.11. The normalized spacial score (nSPS) is 11.4. The monoisotopic (exact) mass is 290 g/mol. The van der Waals surface area contributed by atoms with Crippen molar-refractivity contribution in [1.82, 2.24) is 4.98 Å². The molecule has 0 amide bonds. The Labute approximate surface area is 129 Å². The molecule has 1 N–H and O–H groups in total. The summed E-state index contributed by atoms with van der Waals surface area (Å²) in [5.41, 5.74) is 5.57. The Kier molecular flexibility index (Phi) is 3.63. The third kappa shape index (κ3) is 2.84. The van der Waals surface area contributed by atoms with E-state index in [9.17, 15) is 4.79 Å². The number of rotatable bonds is 2. The molecule has 0 fully saturated rings. The van der Waals surface area contributed by atoms with Crippen molar-refractivity contribution in [2.75, 3.05) is 0 Å². The number of hydrogen-bond donors (Lipinski definition) is 1. The van der Waals surface area contributed by atoms with Gasteiger partial charge in [-0.05, 0) is 61.0 Å². The summed E-state index contributed by atoms with van der Waals surface area (Å²) in [4.78, 5) is 19.6. The molecule has 0 radical (unpaired) electrons. The summed E-state index contributed by atoms with van der Waals surface area (Å²) >= 11 is 0. The van der Waals surface area contributed by atoms with Gasteiger partial charge in [0.15, 0.2) is 0 Å². The fourth-order valence-electron chi connectivity index (χ4n) is 2.43. The standard InChI is InChI=1S/C19H18N2O/c1-12-4-6-14(3)17(8-12)20-11-16-10-15-7-5-13(2)9-18(15)21-19(16)22/h4-11H,1-3H3,(H,21,22). The minimum atomic E-state index is -0.118. The Hall–Kier alpha value is -2.68. The van der Waals surface area contributed by atoms with Crippen LogP contribution >= 0.6 is 0 Å². The molecule has 0 atom stereocenters. The first kappa shape index (κ1) is 14.3. The Bertz CT molecular complexity index is 936. The molecular formula is C19H18N2O. The van der Waals surface area contributed by atoms with Crippen LogP contribution in [0.15, 0.2) is 52.3 Å². The molecule has 0 bridgehead atoms. The quantitative estimate of drug-likeness (QED) is 0.706. The van der Waals surface area contributed by atoms with Crippen LogP contribution in [0.4, 0.5) is 5.69 Å². The number of H-pyrrole nitrogens is 1. The van der Waals surface area contributed by atoms with Gasteiger partial charge in [-0.2, -0.15) is 0 Å². The van der Waals surface area contributed by atoms with E-state index in [0.717, 1.165) is 33.3 Å². The number of pyridine rings is 1. The molecule has 0 aliphatic heterocycles. The van der Waals surface area contributed by atoms with Crippen molar-refractivity contribution in [3.05, 3.63) is 75.1 Å². The first-order valence-electron chi connectivity index (χ1n) is 7.28. The first-order valence-corrected chi connectivity index (χ1v) is 7.28. The van der Waals surface area contributed by atoms with E-state index in [1.807, 2.05) is 57.2 Å². The van der Waals surface area contributed by atoms with Crippen molar-refractivity contribution in [1.29, 1.82) is 0 Å². The van der Waals surface area contributed by atoms with E-state index in [1.54, 1.807) is 6.21 Å². The number of aryl methyl sites for hydroxylation is 3. The molecule has 3 aromatic rings. The summed E-state index contributed by atoms with van der Waals surface area (Å²) in [5, 5.41) is 1.01. The van der Waals surface area contributed by atoms with Crippen molar-refractivity contribution >= 4 is 22.8 Å². The summed E-state index contributed by atoms with van der Waals surface area (Å²) in [7, 11) is 0. The summed E-state index contributed by atoms with van der Waals surface area (Å²) < 4.78 is 0. The number of aromatic amines is 1. The van der Waals surface area contributed by atoms with E-state index in [0.29, 0.717) is 5.56 Å². The number of aliphatic imine (C=N–C) groups is 1. The van der Waals surface area contributed by atoms with E-state index >= 15 is 0 Å². The Morgan fingerprint density at radius 2 is 1.68 bits per heavy atom. The van der Waals surface area contributed by atoms with Crippen LogP contribution in [0.2, 0.25) is 0 Å². The second-order valence-electron chi connectivity index (χ2n) is 5.69. The van der Waals surface area contributed by atoms with E-state index in [4.69, 9.17) is 0 Å². The van der Waals surface area contributed by atoms with E-state index < -0.39 is 0 Å². The molecule has 3 rings (SSSR count). The maximum atomic E-state index is 12.2. The Balaban J connectivity index is 2.05. The zero-order valence-corrected chi connectivity index (χ0v) is 13.0. The highest BCUT2D eigenvalue weighted by Gasteiger charge is 2.02. The molecule has 0 aliphatic rings. The number of nitrogens with zero attached hydrogens (tertiary/aromatic N) is 1. The molecule has 0 saturated carbocycles. The van der Waals surface area contributed by atoms with Gasteiger partial charge in [0, 0.05) is 11.7 Å². The average Bonchev–Trinajstić information content (AvgIpc) is 2.48. The summed E-state index contributed by atoms with van der Waals surface area (Å²) in [6.45, 7) is 6.05. The van der Waals surface area contributed by atoms with Gasteiger partial charge in [0.05, 0.1) is 11.3 Å². The minimum absolute atomic E-state index is 0.118. The van der Waals surface area contributed by atoms with E-state index in [-0.39, 0.29) is 5.56 Å². The number of benzene rings is 2. The minimum Gasteiger partial charge on any atom is -0.321 e. The van der Waals surface area contributed by atoms with Gasteiger partial charge in [0.2, 0.25) is 0 Å². The van der Waals surface area contributed by atoms with Crippen molar-refractivity contribution in [3.63, 3.8) is 0 Å². The highest BCUT2D eigenvalue weighted by molar-refractivity contribution is 5.89. The van der Waals surface area contributed by atoms with E-state index in [2.05, 4.69) is 16.0 Å². The third-order valence-electron chi connectivity index (χ3n) is 3.74. The third-order valence-corrected chi connectivity index (χ3v) is 3.74. The first-order chi connectivity index (χ1) is 10.5. The Morgan fingerprint density at radius 3 is 2.50 bits per heavy atom. The smallest absolute Gasteiger partial charge is 0.257 e. The van der Waals surface area contributed by atoms with Crippen LogP contribution in [0.1, 0.15) is 22.3 Å². The molecule has 0 saturated heterocycles. The van der Waals surface area contributed by atoms with Crippen molar-refractivity contribution in [2.24, 2.45) is 4.99 Å². The van der Waals surface area contributed by atoms with Crippen molar-refractivity contribution in [3.8, 4) is 0 Å². The largest absolute Gasteiger partial charge is 0.321 e. The molecule has 1 heterocycles. The molecule has 1 aromatic heterocycles. The Morgan fingerprint density at radius 1 is 0.955 bits per heavy atom. The van der Waals surface area contributed by atoms with Gasteiger partial charge in [-0.25, -0.2) is 0 Å². The number of nitrogens with one attached hydrogen (secondary N) is 1. The molecule has 3 nitrogen and oxygen atoms in total. The predicted molar refractivity (Wildman–Crippen MR) is 92.5 cm³/mol. The van der Waals surface area contributed by atoms with Crippen LogP contribution in [0, 0.1) is 20.8 Å². The number of fused-ring (bicyclic) bond motifs is 1. The molecule has 2 aromatic carbocycles. The lowest BCUT2D eigenvalue weighted by Gasteiger charge is -2.03. The topological polar surface area (TPSA) is 45.2 Å². The molecule has 0 spiro atoms.